The van der Waals surface area contributed by atoms with Gasteiger partial charge in [-0.1, -0.05) is 30.0 Å². The van der Waals surface area contributed by atoms with Crippen LogP contribution in [0.5, 0.6) is 11.5 Å². The molecule has 0 atom stereocenters. The summed E-state index contributed by atoms with van der Waals surface area (Å²) in [4.78, 5) is 14.6. The van der Waals surface area contributed by atoms with Gasteiger partial charge in [-0.2, -0.15) is 0 Å². The van der Waals surface area contributed by atoms with Crippen molar-refractivity contribution in [2.24, 2.45) is 0 Å². The van der Waals surface area contributed by atoms with Crippen LogP contribution in [-0.2, 0) is 4.79 Å². The molecule has 4 nitrogen and oxygen atoms in total. The highest BCUT2D eigenvalue weighted by Crippen LogP contribution is 2.37. The lowest BCUT2D eigenvalue weighted by Gasteiger charge is -2.14. The maximum absolute atomic E-state index is 13.5. The van der Waals surface area contributed by atoms with Crippen molar-refractivity contribution in [1.82, 2.24) is 0 Å². The monoisotopic (exact) mass is 403 g/mol. The Morgan fingerprint density at radius 2 is 1.93 bits per heavy atom. The van der Waals surface area contributed by atoms with Crippen molar-refractivity contribution in [1.29, 1.82) is 0 Å². The first-order valence-electron chi connectivity index (χ1n) is 8.46. The average Bonchev–Trinajstić information content (AvgIpc) is 2.91. The predicted octanol–water partition coefficient (Wildman–Crippen LogP) is 5.03. The van der Waals surface area contributed by atoms with Gasteiger partial charge in [0.25, 0.3) is 5.91 Å². The zero-order valence-electron chi connectivity index (χ0n) is 14.9. The van der Waals surface area contributed by atoms with Gasteiger partial charge in [-0.3, -0.25) is 9.69 Å². The zero-order chi connectivity index (χ0) is 19.4. The van der Waals surface area contributed by atoms with E-state index in [1.807, 2.05) is 26.0 Å². The maximum Gasteiger partial charge on any atom is 0.270 e. The highest BCUT2D eigenvalue weighted by molar-refractivity contribution is 8.27. The quantitative estimate of drug-likeness (QED) is 0.500. The smallest absolute Gasteiger partial charge is 0.270 e. The molecular weight excluding hydrogens is 385 g/mol. The number of hydrogen-bond acceptors (Lipinski definition) is 5. The van der Waals surface area contributed by atoms with E-state index in [-0.39, 0.29) is 5.91 Å². The summed E-state index contributed by atoms with van der Waals surface area (Å²) in [7, 11) is 0. The minimum Gasteiger partial charge on any atom is -0.494 e. The fraction of sp³-hybridized carbons (Fsp3) is 0.200. The van der Waals surface area contributed by atoms with Gasteiger partial charge >= 0.3 is 0 Å². The Labute approximate surface area is 167 Å². The highest BCUT2D eigenvalue weighted by atomic mass is 32.2. The van der Waals surface area contributed by atoms with Crippen molar-refractivity contribution in [2.45, 2.75) is 13.8 Å². The molecule has 1 amide bonds. The van der Waals surface area contributed by atoms with Crippen LogP contribution < -0.4 is 14.4 Å². The second-order valence-corrected chi connectivity index (χ2v) is 7.24. The predicted molar refractivity (Wildman–Crippen MR) is 111 cm³/mol. The Morgan fingerprint density at radius 3 is 2.63 bits per heavy atom. The van der Waals surface area contributed by atoms with Gasteiger partial charge in [0.15, 0.2) is 4.32 Å². The molecule has 1 aliphatic heterocycles. The lowest BCUT2D eigenvalue weighted by molar-refractivity contribution is -0.113. The number of nitrogens with zero attached hydrogens (tertiary/aromatic N) is 1. The summed E-state index contributed by atoms with van der Waals surface area (Å²) in [6.45, 7) is 4.84. The first-order valence-corrected chi connectivity index (χ1v) is 9.69. The lowest BCUT2D eigenvalue weighted by atomic mass is 10.1. The van der Waals surface area contributed by atoms with Crippen molar-refractivity contribution < 1.29 is 18.7 Å². The second-order valence-electron chi connectivity index (χ2n) is 5.56. The summed E-state index contributed by atoms with van der Waals surface area (Å²) in [5, 5.41) is 0. The van der Waals surface area contributed by atoms with E-state index in [2.05, 4.69) is 0 Å². The molecule has 0 aliphatic carbocycles. The van der Waals surface area contributed by atoms with E-state index in [0.717, 1.165) is 5.56 Å². The van der Waals surface area contributed by atoms with Crippen LogP contribution in [-0.4, -0.2) is 23.4 Å². The fourth-order valence-electron chi connectivity index (χ4n) is 2.62. The first kappa shape index (κ1) is 19.4. The fourth-order valence-corrected chi connectivity index (χ4v) is 3.91. The van der Waals surface area contributed by atoms with Crippen molar-refractivity contribution in [3.8, 4) is 11.5 Å². The van der Waals surface area contributed by atoms with Gasteiger partial charge in [-0.05, 0) is 50.3 Å². The third kappa shape index (κ3) is 4.31. The number of thioether (sulfide) groups is 1. The third-order valence-corrected chi connectivity index (χ3v) is 5.04. The molecule has 0 aromatic heterocycles. The number of anilines is 1. The number of carbonyl (C=O) groups excluding carboxylic acids is 1. The molecule has 0 unspecified atom stereocenters. The summed E-state index contributed by atoms with van der Waals surface area (Å²) in [5.74, 6) is 0.618. The van der Waals surface area contributed by atoms with Crippen molar-refractivity contribution >= 4 is 46.0 Å². The summed E-state index contributed by atoms with van der Waals surface area (Å²) < 4.78 is 25.1. The van der Waals surface area contributed by atoms with Gasteiger partial charge in [0.1, 0.15) is 17.3 Å². The van der Waals surface area contributed by atoms with Crippen molar-refractivity contribution in [3.63, 3.8) is 0 Å². The largest absolute Gasteiger partial charge is 0.494 e. The SMILES string of the molecule is CCOc1ccc(C=C2SC(=S)N(c3cccc(F)c3)C2=O)c(OCC)c1. The van der Waals surface area contributed by atoms with Gasteiger partial charge in [0.05, 0.1) is 23.8 Å². The van der Waals surface area contributed by atoms with E-state index in [0.29, 0.717) is 39.6 Å². The minimum atomic E-state index is -0.421. The molecule has 3 rings (SSSR count). The van der Waals surface area contributed by atoms with Crippen molar-refractivity contribution in [2.75, 3.05) is 18.1 Å². The van der Waals surface area contributed by atoms with Crippen LogP contribution in [0.25, 0.3) is 6.08 Å². The van der Waals surface area contributed by atoms with Gasteiger partial charge < -0.3 is 9.47 Å². The van der Waals surface area contributed by atoms with Crippen LogP contribution >= 0.6 is 24.0 Å². The molecule has 0 bridgehead atoms. The Bertz CT molecular complexity index is 914. The van der Waals surface area contributed by atoms with E-state index in [1.165, 1.54) is 28.8 Å². The average molecular weight is 404 g/mol. The van der Waals surface area contributed by atoms with Crippen LogP contribution in [0.4, 0.5) is 10.1 Å². The molecule has 1 saturated heterocycles. The van der Waals surface area contributed by atoms with Crippen LogP contribution in [0.3, 0.4) is 0 Å². The minimum absolute atomic E-state index is 0.285. The molecule has 0 radical (unpaired) electrons. The number of amides is 1. The number of hydrogen-bond donors (Lipinski definition) is 0. The Balaban J connectivity index is 1.93. The second kappa shape index (κ2) is 8.54. The first-order chi connectivity index (χ1) is 13.0. The number of benzene rings is 2. The Hall–Kier alpha value is -2.38. The molecule has 0 spiro atoms. The maximum atomic E-state index is 13.5. The lowest BCUT2D eigenvalue weighted by Crippen LogP contribution is -2.27. The molecule has 27 heavy (non-hydrogen) atoms. The molecule has 1 heterocycles. The van der Waals surface area contributed by atoms with E-state index < -0.39 is 5.82 Å². The van der Waals surface area contributed by atoms with E-state index >= 15 is 0 Å². The van der Waals surface area contributed by atoms with Crippen LogP contribution in [0, 0.1) is 5.82 Å². The van der Waals surface area contributed by atoms with Crippen LogP contribution in [0.1, 0.15) is 19.4 Å². The molecule has 2 aromatic carbocycles. The third-order valence-electron chi connectivity index (χ3n) is 3.74. The van der Waals surface area contributed by atoms with Gasteiger partial charge in [0, 0.05) is 11.6 Å². The topological polar surface area (TPSA) is 38.8 Å². The zero-order valence-corrected chi connectivity index (χ0v) is 16.5. The number of carbonyl (C=O) groups is 1. The van der Waals surface area contributed by atoms with E-state index in [1.54, 1.807) is 24.3 Å². The molecule has 1 fully saturated rings. The Kier molecular flexibility index (Phi) is 6.13. The number of rotatable bonds is 6. The van der Waals surface area contributed by atoms with Crippen LogP contribution in [0.2, 0.25) is 0 Å². The molecule has 0 N–H and O–H groups in total. The molecule has 0 saturated carbocycles. The van der Waals surface area contributed by atoms with Gasteiger partial charge in [-0.25, -0.2) is 4.39 Å². The van der Waals surface area contributed by atoms with Gasteiger partial charge in [0.2, 0.25) is 0 Å². The van der Waals surface area contributed by atoms with E-state index in [9.17, 15) is 9.18 Å². The summed E-state index contributed by atoms with van der Waals surface area (Å²) >= 11 is 6.51. The van der Waals surface area contributed by atoms with E-state index in [4.69, 9.17) is 21.7 Å². The molecular formula is C20H18FNO3S2. The highest BCUT2D eigenvalue weighted by Gasteiger charge is 2.33. The molecule has 1 aliphatic rings. The van der Waals surface area contributed by atoms with Crippen LogP contribution in [0.15, 0.2) is 47.4 Å². The van der Waals surface area contributed by atoms with Gasteiger partial charge in [-0.15, -0.1) is 0 Å². The standard InChI is InChI=1S/C20H18FNO3S2/c1-3-24-16-9-8-13(17(12-16)25-4-2)10-18-19(23)22(20(26)27-18)15-7-5-6-14(21)11-15/h5-12H,3-4H2,1-2H3. The molecule has 140 valence electrons. The summed E-state index contributed by atoms with van der Waals surface area (Å²) in [6, 6.07) is 11.3. The molecule has 2 aromatic rings. The number of ether oxygens (including phenoxy) is 2. The Morgan fingerprint density at radius 1 is 1.15 bits per heavy atom. The number of thiocarbonyl (C=S) groups is 1. The normalized spacial score (nSPS) is 15.5. The number of halogens is 1. The summed E-state index contributed by atoms with van der Waals surface area (Å²) in [5.41, 5.74) is 1.16. The van der Waals surface area contributed by atoms with Crippen molar-refractivity contribution in [3.05, 3.63) is 58.8 Å². The summed E-state index contributed by atoms with van der Waals surface area (Å²) in [6.07, 6.45) is 1.74. The molecule has 7 heteroatoms.